The molecule has 0 radical (unpaired) electrons. The molecule has 0 aliphatic rings. The number of carbonyl (C=O) groups is 1. The van der Waals surface area contributed by atoms with E-state index in [1.807, 2.05) is 42.5 Å². The lowest BCUT2D eigenvalue weighted by molar-refractivity contribution is 0.112. The third-order valence-corrected chi connectivity index (χ3v) is 1.91. The zero-order chi connectivity index (χ0) is 8.39. The third-order valence-electron chi connectivity index (χ3n) is 1.91. The van der Waals surface area contributed by atoms with Crippen molar-refractivity contribution in [2.24, 2.45) is 0 Å². The maximum absolute atomic E-state index is 10.5. The van der Waals surface area contributed by atoms with Crippen molar-refractivity contribution in [2.45, 2.75) is 0 Å². The molecule has 0 bridgehead atoms. The molecule has 2 rings (SSSR count). The van der Waals surface area contributed by atoms with Crippen LogP contribution in [0.4, 0.5) is 0 Å². The van der Waals surface area contributed by atoms with E-state index in [4.69, 9.17) is 0 Å². The van der Waals surface area contributed by atoms with Crippen molar-refractivity contribution in [3.8, 4) is 0 Å². The molecule has 0 heterocycles. The Morgan fingerprint density at radius 1 is 1.00 bits per heavy atom. The number of carbonyl (C=O) groups excluding carboxylic acids is 1. The van der Waals surface area contributed by atoms with E-state index in [1.165, 1.54) is 5.39 Å². The van der Waals surface area contributed by atoms with Gasteiger partial charge < -0.3 is 0 Å². The van der Waals surface area contributed by atoms with Crippen LogP contribution in [0.2, 0.25) is 0 Å². The van der Waals surface area contributed by atoms with Crippen molar-refractivity contribution in [2.75, 3.05) is 0 Å². The lowest BCUT2D eigenvalue weighted by Gasteiger charge is -1.96. The fraction of sp³-hybridized carbons (Fsp3) is 0. The summed E-state index contributed by atoms with van der Waals surface area (Å²) in [7, 11) is 0. The second-order valence-corrected chi connectivity index (χ2v) is 2.72. The van der Waals surface area contributed by atoms with Crippen LogP contribution in [0.25, 0.3) is 10.8 Å². The fourth-order valence-corrected chi connectivity index (χ4v) is 1.28. The molecule has 0 aromatic heterocycles. The van der Waals surface area contributed by atoms with E-state index in [0.29, 0.717) is 0 Å². The molecule has 58 valence electrons. The van der Waals surface area contributed by atoms with E-state index in [2.05, 4.69) is 0 Å². The summed E-state index contributed by atoms with van der Waals surface area (Å²) in [6.07, 6.45) is 0.867. The molecular formula is C11H9O+. The first-order valence-electron chi connectivity index (χ1n) is 3.84. The Labute approximate surface area is 72.1 Å². The SMILES string of the molecule is O=Cc1ccc2ccccc2c1.[H+]. The summed E-state index contributed by atoms with van der Waals surface area (Å²) in [4.78, 5) is 10.5. The van der Waals surface area contributed by atoms with Gasteiger partial charge in [-0.2, -0.15) is 0 Å². The van der Waals surface area contributed by atoms with Gasteiger partial charge in [-0.1, -0.05) is 36.4 Å². The van der Waals surface area contributed by atoms with Crippen LogP contribution in [0.3, 0.4) is 0 Å². The van der Waals surface area contributed by atoms with Crippen LogP contribution >= 0.6 is 0 Å². The average Bonchev–Trinajstić information content (AvgIpc) is 2.17. The highest BCUT2D eigenvalue weighted by Crippen LogP contribution is 2.14. The Balaban J connectivity index is 0.000000845. The van der Waals surface area contributed by atoms with E-state index >= 15 is 0 Å². The molecule has 0 amide bonds. The standard InChI is InChI=1S/C11H8O/c12-8-9-5-6-10-3-1-2-4-11(10)7-9/h1-8H/p+1. The predicted molar refractivity (Wildman–Crippen MR) is 50.4 cm³/mol. The van der Waals surface area contributed by atoms with Gasteiger partial charge in [0.1, 0.15) is 6.29 Å². The van der Waals surface area contributed by atoms with Gasteiger partial charge in [0.05, 0.1) is 0 Å². The van der Waals surface area contributed by atoms with Gasteiger partial charge in [-0.3, -0.25) is 4.79 Å². The molecule has 0 spiro atoms. The number of aldehydes is 1. The number of benzene rings is 2. The molecule has 0 fully saturated rings. The molecule has 1 nitrogen and oxygen atoms in total. The number of hydrogen-bond donors (Lipinski definition) is 0. The smallest absolute Gasteiger partial charge is 0.298 e. The van der Waals surface area contributed by atoms with E-state index in [9.17, 15) is 4.79 Å². The first-order chi connectivity index (χ1) is 5.90. The molecule has 0 unspecified atom stereocenters. The summed E-state index contributed by atoms with van der Waals surface area (Å²) in [6.45, 7) is 0. The van der Waals surface area contributed by atoms with E-state index in [-0.39, 0.29) is 1.43 Å². The van der Waals surface area contributed by atoms with Crippen LogP contribution < -0.4 is 0 Å². The van der Waals surface area contributed by atoms with Crippen molar-refractivity contribution in [3.05, 3.63) is 48.0 Å². The van der Waals surface area contributed by atoms with Crippen LogP contribution in [0.1, 0.15) is 11.8 Å². The first-order valence-corrected chi connectivity index (χ1v) is 3.84. The summed E-state index contributed by atoms with van der Waals surface area (Å²) in [5.41, 5.74) is 0.730. The van der Waals surface area contributed by atoms with Crippen molar-refractivity contribution in [1.82, 2.24) is 0 Å². The van der Waals surface area contributed by atoms with Gasteiger partial charge in [-0.05, 0) is 16.8 Å². The van der Waals surface area contributed by atoms with Crippen molar-refractivity contribution in [1.29, 1.82) is 0 Å². The van der Waals surface area contributed by atoms with Gasteiger partial charge >= 0.3 is 1.43 Å². The number of hydrogen-bond acceptors (Lipinski definition) is 1. The third kappa shape index (κ3) is 1.10. The van der Waals surface area contributed by atoms with Gasteiger partial charge in [-0.25, -0.2) is 0 Å². The highest BCUT2D eigenvalue weighted by Gasteiger charge is 1.92. The Hall–Kier alpha value is -1.63. The predicted octanol–water partition coefficient (Wildman–Crippen LogP) is 2.76. The summed E-state index contributed by atoms with van der Waals surface area (Å²) in [5.74, 6) is 0. The van der Waals surface area contributed by atoms with Gasteiger partial charge in [0.25, 0.3) is 0 Å². The zero-order valence-electron chi connectivity index (χ0n) is 7.53. The van der Waals surface area contributed by atoms with Crippen LogP contribution in [-0.2, 0) is 0 Å². The maximum Gasteiger partial charge on any atom is 1.00 e. The second-order valence-electron chi connectivity index (χ2n) is 2.72. The van der Waals surface area contributed by atoms with Crippen molar-refractivity contribution < 1.29 is 6.22 Å². The van der Waals surface area contributed by atoms with Gasteiger partial charge in [0, 0.05) is 5.56 Å². The van der Waals surface area contributed by atoms with E-state index in [1.54, 1.807) is 0 Å². The van der Waals surface area contributed by atoms with Gasteiger partial charge in [0.15, 0.2) is 0 Å². The summed E-state index contributed by atoms with van der Waals surface area (Å²) < 4.78 is 0. The van der Waals surface area contributed by atoms with E-state index in [0.717, 1.165) is 17.2 Å². The molecule has 0 N–H and O–H groups in total. The highest BCUT2D eigenvalue weighted by molar-refractivity contribution is 5.88. The molecule has 0 aliphatic carbocycles. The minimum Gasteiger partial charge on any atom is -0.298 e. The Kier molecular flexibility index (Phi) is 1.63. The van der Waals surface area contributed by atoms with Crippen molar-refractivity contribution >= 4 is 17.1 Å². The fourth-order valence-electron chi connectivity index (χ4n) is 1.28. The Morgan fingerprint density at radius 2 is 1.75 bits per heavy atom. The van der Waals surface area contributed by atoms with Crippen LogP contribution in [0, 0.1) is 0 Å². The number of fused-ring (bicyclic) bond motifs is 1. The van der Waals surface area contributed by atoms with Crippen LogP contribution in [0.15, 0.2) is 42.5 Å². The normalized spacial score (nSPS) is 10.0. The average molecular weight is 157 g/mol. The van der Waals surface area contributed by atoms with Crippen LogP contribution in [-0.4, -0.2) is 6.29 Å². The molecule has 12 heavy (non-hydrogen) atoms. The molecule has 0 atom stereocenters. The second kappa shape index (κ2) is 2.78. The summed E-state index contributed by atoms with van der Waals surface area (Å²) in [6, 6.07) is 13.7. The lowest BCUT2D eigenvalue weighted by Crippen LogP contribution is -1.78. The van der Waals surface area contributed by atoms with Crippen molar-refractivity contribution in [3.63, 3.8) is 0 Å². The van der Waals surface area contributed by atoms with Crippen LogP contribution in [0.5, 0.6) is 0 Å². The molecule has 2 aromatic carbocycles. The zero-order valence-corrected chi connectivity index (χ0v) is 6.53. The quantitative estimate of drug-likeness (QED) is 0.582. The topological polar surface area (TPSA) is 17.1 Å². The largest absolute Gasteiger partial charge is 1.00 e. The monoisotopic (exact) mass is 157 g/mol. The lowest BCUT2D eigenvalue weighted by atomic mass is 10.1. The number of rotatable bonds is 1. The maximum atomic E-state index is 10.5. The van der Waals surface area contributed by atoms with E-state index < -0.39 is 0 Å². The highest BCUT2D eigenvalue weighted by atomic mass is 16.1. The molecule has 0 aliphatic heterocycles. The minimum atomic E-state index is 0. The molecule has 0 saturated carbocycles. The van der Waals surface area contributed by atoms with Gasteiger partial charge in [-0.15, -0.1) is 0 Å². The summed E-state index contributed by atoms with van der Waals surface area (Å²) >= 11 is 0. The molecule has 2 aromatic rings. The Morgan fingerprint density at radius 3 is 2.50 bits per heavy atom. The molecule has 1 heteroatoms. The molecular weight excluding hydrogens is 148 g/mol. The van der Waals surface area contributed by atoms with Gasteiger partial charge in [0.2, 0.25) is 0 Å². The minimum absolute atomic E-state index is 0. The first kappa shape index (κ1) is 7.04. The molecule has 0 saturated heterocycles. The summed E-state index contributed by atoms with van der Waals surface area (Å²) in [5, 5.41) is 2.28. The Bertz CT molecular complexity index is 423.